The Kier molecular flexibility index (Phi) is 7.31. The monoisotopic (exact) mass is 534 g/mol. The van der Waals surface area contributed by atoms with Crippen molar-refractivity contribution in [2.24, 2.45) is 0 Å². The van der Waals surface area contributed by atoms with Gasteiger partial charge in [0, 0.05) is 35.5 Å². The SMILES string of the molecule is CCC=C1c2cc(OC)c(OC)cc2C2(CC2)N1CC(=O)c1cc(N2CCOCC2)c(OC)c(C(C)(C)C)c1. The lowest BCUT2D eigenvalue weighted by Gasteiger charge is -2.33. The number of nitrogens with zero attached hydrogens (tertiary/aromatic N) is 2. The predicted molar refractivity (Wildman–Crippen MR) is 154 cm³/mol. The van der Waals surface area contributed by atoms with Crippen LogP contribution in [0.2, 0.25) is 0 Å². The Morgan fingerprint density at radius 2 is 1.67 bits per heavy atom. The van der Waals surface area contributed by atoms with Gasteiger partial charge in [0.15, 0.2) is 17.3 Å². The first-order chi connectivity index (χ1) is 18.7. The van der Waals surface area contributed by atoms with Crippen molar-refractivity contribution in [3.63, 3.8) is 0 Å². The Hall–Kier alpha value is -3.19. The number of hydrogen-bond acceptors (Lipinski definition) is 7. The molecule has 2 aromatic rings. The summed E-state index contributed by atoms with van der Waals surface area (Å²) in [6.07, 6.45) is 5.14. The highest BCUT2D eigenvalue weighted by molar-refractivity contribution is 6.00. The summed E-state index contributed by atoms with van der Waals surface area (Å²) in [6, 6.07) is 8.25. The maximum Gasteiger partial charge on any atom is 0.182 e. The second-order valence-electron chi connectivity index (χ2n) is 11.7. The van der Waals surface area contributed by atoms with Crippen molar-refractivity contribution in [1.82, 2.24) is 4.90 Å². The average Bonchev–Trinajstić information content (AvgIpc) is 3.70. The summed E-state index contributed by atoms with van der Waals surface area (Å²) >= 11 is 0. The van der Waals surface area contributed by atoms with Crippen molar-refractivity contribution in [2.75, 3.05) is 59.1 Å². The van der Waals surface area contributed by atoms with E-state index in [-0.39, 0.29) is 16.7 Å². The van der Waals surface area contributed by atoms with Crippen LogP contribution in [0.4, 0.5) is 5.69 Å². The summed E-state index contributed by atoms with van der Waals surface area (Å²) in [6.45, 7) is 11.8. The van der Waals surface area contributed by atoms with Crippen LogP contribution in [0.15, 0.2) is 30.3 Å². The number of morpholine rings is 1. The molecule has 2 aromatic carbocycles. The van der Waals surface area contributed by atoms with Gasteiger partial charge in [-0.25, -0.2) is 0 Å². The third kappa shape index (κ3) is 4.75. The summed E-state index contributed by atoms with van der Waals surface area (Å²) in [5.41, 5.74) is 5.86. The quantitative estimate of drug-likeness (QED) is 0.398. The molecule has 7 nitrogen and oxygen atoms in total. The number of ketones is 1. The maximum atomic E-state index is 14.2. The summed E-state index contributed by atoms with van der Waals surface area (Å²) in [5.74, 6) is 2.39. The Bertz CT molecular complexity index is 1280. The molecule has 1 aliphatic carbocycles. The van der Waals surface area contributed by atoms with Gasteiger partial charge in [0.25, 0.3) is 0 Å². The molecule has 210 valence electrons. The zero-order valence-electron chi connectivity index (χ0n) is 24.5. The maximum absolute atomic E-state index is 14.2. The number of allylic oxidation sites excluding steroid dienone is 1. The van der Waals surface area contributed by atoms with E-state index in [1.165, 1.54) is 5.56 Å². The Morgan fingerprint density at radius 3 is 2.23 bits per heavy atom. The number of Topliss-reactive ketones (excluding diaryl/α,β-unsaturated/α-hetero) is 1. The molecule has 39 heavy (non-hydrogen) atoms. The summed E-state index contributed by atoms with van der Waals surface area (Å²) < 4.78 is 22.9. The fourth-order valence-corrected chi connectivity index (χ4v) is 6.13. The molecule has 0 bridgehead atoms. The first-order valence-corrected chi connectivity index (χ1v) is 14.0. The predicted octanol–water partition coefficient (Wildman–Crippen LogP) is 5.79. The lowest BCUT2D eigenvalue weighted by molar-refractivity contribution is 0.0938. The first-order valence-electron chi connectivity index (χ1n) is 14.0. The second kappa shape index (κ2) is 10.4. The number of carbonyl (C=O) groups excluding carboxylic acids is 1. The molecule has 1 saturated heterocycles. The minimum atomic E-state index is -0.190. The normalized spacial score (nSPS) is 18.9. The summed E-state index contributed by atoms with van der Waals surface area (Å²) in [7, 11) is 5.06. The zero-order valence-corrected chi connectivity index (χ0v) is 24.5. The fourth-order valence-electron chi connectivity index (χ4n) is 6.13. The van der Waals surface area contributed by atoms with E-state index in [0.29, 0.717) is 25.5 Å². The lowest BCUT2D eigenvalue weighted by atomic mass is 9.84. The van der Waals surface area contributed by atoms with Crippen LogP contribution in [-0.2, 0) is 15.7 Å². The van der Waals surface area contributed by atoms with Crippen LogP contribution in [0.5, 0.6) is 17.2 Å². The molecule has 1 spiro atoms. The van der Waals surface area contributed by atoms with E-state index >= 15 is 0 Å². The van der Waals surface area contributed by atoms with E-state index in [1.807, 2.05) is 12.1 Å². The molecule has 2 fully saturated rings. The van der Waals surface area contributed by atoms with Gasteiger partial charge in [0.2, 0.25) is 0 Å². The molecule has 2 heterocycles. The molecule has 7 heteroatoms. The van der Waals surface area contributed by atoms with E-state index in [1.54, 1.807) is 21.3 Å². The van der Waals surface area contributed by atoms with Gasteiger partial charge in [-0.05, 0) is 54.5 Å². The summed E-state index contributed by atoms with van der Waals surface area (Å²) in [4.78, 5) is 18.8. The van der Waals surface area contributed by atoms with Crippen molar-refractivity contribution in [3.8, 4) is 17.2 Å². The number of anilines is 1. The fraction of sp³-hybridized carbons (Fsp3) is 0.531. The number of methoxy groups -OCH3 is 3. The van der Waals surface area contributed by atoms with Crippen LogP contribution < -0.4 is 19.1 Å². The van der Waals surface area contributed by atoms with E-state index in [2.05, 4.69) is 55.7 Å². The second-order valence-corrected chi connectivity index (χ2v) is 11.7. The smallest absolute Gasteiger partial charge is 0.182 e. The van der Waals surface area contributed by atoms with E-state index in [0.717, 1.165) is 71.9 Å². The van der Waals surface area contributed by atoms with Gasteiger partial charge in [-0.1, -0.05) is 33.8 Å². The largest absolute Gasteiger partial charge is 0.494 e. The minimum absolute atomic E-state index is 0.109. The molecule has 1 saturated carbocycles. The van der Waals surface area contributed by atoms with Gasteiger partial charge in [0.05, 0.1) is 52.3 Å². The van der Waals surface area contributed by atoms with Crippen molar-refractivity contribution in [3.05, 3.63) is 52.6 Å². The van der Waals surface area contributed by atoms with Crippen molar-refractivity contribution >= 4 is 17.2 Å². The van der Waals surface area contributed by atoms with Crippen molar-refractivity contribution < 1.29 is 23.7 Å². The number of fused-ring (bicyclic) bond motifs is 2. The number of benzene rings is 2. The van der Waals surface area contributed by atoms with E-state index in [4.69, 9.17) is 18.9 Å². The van der Waals surface area contributed by atoms with Crippen LogP contribution in [-0.4, -0.2) is 64.9 Å². The summed E-state index contributed by atoms with van der Waals surface area (Å²) in [5, 5.41) is 0. The van der Waals surface area contributed by atoms with Gasteiger partial charge >= 0.3 is 0 Å². The molecule has 0 N–H and O–H groups in total. The number of ether oxygens (including phenoxy) is 4. The Morgan fingerprint density at radius 1 is 1.00 bits per heavy atom. The van der Waals surface area contributed by atoms with Crippen molar-refractivity contribution in [1.29, 1.82) is 0 Å². The molecule has 0 atom stereocenters. The van der Waals surface area contributed by atoms with Crippen LogP contribution in [0.1, 0.15) is 74.0 Å². The van der Waals surface area contributed by atoms with Crippen LogP contribution >= 0.6 is 0 Å². The first kappa shape index (κ1) is 27.4. The molecule has 3 aliphatic rings. The topological polar surface area (TPSA) is 60.5 Å². The molecule has 5 rings (SSSR count). The minimum Gasteiger partial charge on any atom is -0.494 e. The van der Waals surface area contributed by atoms with E-state index in [9.17, 15) is 4.79 Å². The zero-order chi connectivity index (χ0) is 27.9. The molecule has 0 unspecified atom stereocenters. The van der Waals surface area contributed by atoms with Gasteiger partial charge in [0.1, 0.15) is 5.75 Å². The molecule has 0 amide bonds. The van der Waals surface area contributed by atoms with Crippen LogP contribution in [0.3, 0.4) is 0 Å². The highest BCUT2D eigenvalue weighted by Gasteiger charge is 2.56. The third-order valence-corrected chi connectivity index (χ3v) is 8.29. The lowest BCUT2D eigenvalue weighted by Crippen LogP contribution is -2.37. The molecular weight excluding hydrogens is 492 g/mol. The standard InChI is InChI=1S/C32H42N2O5/c1-8-9-25-22-18-28(36-5)29(37-6)19-23(22)32(10-11-32)34(25)20-27(35)21-16-24(31(2,3)4)30(38-7)26(17-21)33-12-14-39-15-13-33/h9,16-19H,8,10-15,20H2,1-7H3. The van der Waals surface area contributed by atoms with Gasteiger partial charge in [-0.3, -0.25) is 4.79 Å². The molecule has 0 radical (unpaired) electrons. The van der Waals surface area contributed by atoms with Crippen LogP contribution in [0.25, 0.3) is 5.70 Å². The highest BCUT2D eigenvalue weighted by Crippen LogP contribution is 2.61. The molecule has 2 aliphatic heterocycles. The van der Waals surface area contributed by atoms with Gasteiger partial charge in [-0.2, -0.15) is 0 Å². The number of hydrogen-bond donors (Lipinski definition) is 0. The van der Waals surface area contributed by atoms with Crippen molar-refractivity contribution in [2.45, 2.75) is 57.9 Å². The Balaban J connectivity index is 1.56. The number of rotatable bonds is 8. The van der Waals surface area contributed by atoms with Crippen LogP contribution in [0, 0.1) is 0 Å². The molecule has 0 aromatic heterocycles. The number of carbonyl (C=O) groups is 1. The van der Waals surface area contributed by atoms with Gasteiger partial charge < -0.3 is 28.7 Å². The highest BCUT2D eigenvalue weighted by atomic mass is 16.5. The van der Waals surface area contributed by atoms with Gasteiger partial charge in [-0.15, -0.1) is 0 Å². The average molecular weight is 535 g/mol. The Labute approximate surface area is 232 Å². The third-order valence-electron chi connectivity index (χ3n) is 8.29. The van der Waals surface area contributed by atoms with E-state index < -0.39 is 0 Å². The molecular formula is C32H42N2O5.